The maximum absolute atomic E-state index is 12.1. The predicted octanol–water partition coefficient (Wildman–Crippen LogP) is 2.18. The highest BCUT2D eigenvalue weighted by molar-refractivity contribution is 5.80. The van der Waals surface area contributed by atoms with Crippen molar-refractivity contribution in [3.05, 3.63) is 0 Å². The molecule has 4 nitrogen and oxygen atoms in total. The molecule has 0 heterocycles. The Morgan fingerprint density at radius 2 is 2.00 bits per heavy atom. The lowest BCUT2D eigenvalue weighted by Crippen LogP contribution is -2.57. The molecule has 0 radical (unpaired) electrons. The Hall–Kier alpha value is -0.610. The van der Waals surface area contributed by atoms with E-state index in [0.29, 0.717) is 12.1 Å². The molecule has 0 aromatic rings. The van der Waals surface area contributed by atoms with Gasteiger partial charge < -0.3 is 9.64 Å². The number of hydrogen-bond donors (Lipinski definition) is 1. The maximum Gasteiger partial charge on any atom is 0.325 e. The first kappa shape index (κ1) is 16.4. The number of nitrogens with one attached hydrogen (secondary N) is 1. The Labute approximate surface area is 117 Å². The second-order valence-electron chi connectivity index (χ2n) is 6.43. The number of esters is 1. The number of nitrogens with zero attached hydrogens (tertiary/aromatic N) is 1. The molecule has 112 valence electrons. The summed E-state index contributed by atoms with van der Waals surface area (Å²) in [6.45, 7) is 8.26. The molecular weight excluding hydrogens is 240 g/mol. The summed E-state index contributed by atoms with van der Waals surface area (Å²) < 4.78 is 4.98. The molecule has 0 amide bonds. The van der Waals surface area contributed by atoms with E-state index in [9.17, 15) is 4.79 Å². The second kappa shape index (κ2) is 6.71. The molecule has 4 heteroatoms. The summed E-state index contributed by atoms with van der Waals surface area (Å²) in [5.41, 5.74) is -0.611. The molecule has 0 aromatic carbocycles. The van der Waals surface area contributed by atoms with Gasteiger partial charge in [0.25, 0.3) is 0 Å². The molecule has 0 saturated heterocycles. The van der Waals surface area contributed by atoms with Gasteiger partial charge in [0.15, 0.2) is 0 Å². The van der Waals surface area contributed by atoms with Crippen molar-refractivity contribution in [3.63, 3.8) is 0 Å². The Kier molecular flexibility index (Phi) is 5.81. The first-order valence-electron chi connectivity index (χ1n) is 7.38. The SMILES string of the molecule is COC(=O)C(C)(CC(C)N(C)C1CCC1)NC(C)C. The standard InChI is InChI=1S/C15H30N2O2/c1-11(2)16-15(4,14(18)19-6)10-12(3)17(5)13-8-7-9-13/h11-13,16H,7-10H2,1-6H3. The fraction of sp³-hybridized carbons (Fsp3) is 0.933. The van der Waals surface area contributed by atoms with Crippen LogP contribution in [-0.2, 0) is 9.53 Å². The quantitative estimate of drug-likeness (QED) is 0.720. The highest BCUT2D eigenvalue weighted by Gasteiger charge is 2.38. The third-order valence-electron chi connectivity index (χ3n) is 4.29. The summed E-state index contributed by atoms with van der Waals surface area (Å²) in [4.78, 5) is 14.5. The van der Waals surface area contributed by atoms with Crippen LogP contribution in [-0.4, -0.2) is 48.7 Å². The monoisotopic (exact) mass is 270 g/mol. The minimum absolute atomic E-state index is 0.171. The van der Waals surface area contributed by atoms with Crippen LogP contribution in [0.3, 0.4) is 0 Å². The summed E-state index contributed by atoms with van der Waals surface area (Å²) >= 11 is 0. The van der Waals surface area contributed by atoms with Crippen molar-refractivity contribution in [3.8, 4) is 0 Å². The van der Waals surface area contributed by atoms with Gasteiger partial charge >= 0.3 is 5.97 Å². The Morgan fingerprint density at radius 1 is 1.42 bits per heavy atom. The molecule has 19 heavy (non-hydrogen) atoms. The van der Waals surface area contributed by atoms with Gasteiger partial charge in [0.2, 0.25) is 0 Å². The van der Waals surface area contributed by atoms with Crippen molar-refractivity contribution < 1.29 is 9.53 Å². The van der Waals surface area contributed by atoms with Gasteiger partial charge in [-0.3, -0.25) is 10.1 Å². The topological polar surface area (TPSA) is 41.6 Å². The number of carbonyl (C=O) groups excluding carboxylic acids is 1. The summed E-state index contributed by atoms with van der Waals surface area (Å²) in [6, 6.07) is 1.31. The van der Waals surface area contributed by atoms with Crippen molar-refractivity contribution in [1.82, 2.24) is 10.2 Å². The van der Waals surface area contributed by atoms with Crippen molar-refractivity contribution in [2.45, 2.75) is 77.0 Å². The molecule has 1 N–H and O–H groups in total. The Bertz CT molecular complexity index is 303. The van der Waals surface area contributed by atoms with Gasteiger partial charge in [0.1, 0.15) is 5.54 Å². The zero-order valence-corrected chi connectivity index (χ0v) is 13.3. The zero-order chi connectivity index (χ0) is 14.6. The number of hydrogen-bond acceptors (Lipinski definition) is 4. The average Bonchev–Trinajstić information content (AvgIpc) is 2.24. The second-order valence-corrected chi connectivity index (χ2v) is 6.43. The summed E-state index contributed by atoms with van der Waals surface area (Å²) in [6.07, 6.45) is 4.67. The normalized spacial score (nSPS) is 21.1. The van der Waals surface area contributed by atoms with Gasteiger partial charge in [0, 0.05) is 18.1 Å². The molecule has 1 fully saturated rings. The third-order valence-corrected chi connectivity index (χ3v) is 4.29. The van der Waals surface area contributed by atoms with E-state index in [0.717, 1.165) is 6.42 Å². The van der Waals surface area contributed by atoms with Crippen LogP contribution in [0.15, 0.2) is 0 Å². The molecule has 1 rings (SSSR count). The molecule has 1 saturated carbocycles. The third kappa shape index (κ3) is 4.18. The molecular formula is C15H30N2O2. The average molecular weight is 270 g/mol. The fourth-order valence-electron chi connectivity index (χ4n) is 2.95. The van der Waals surface area contributed by atoms with E-state index >= 15 is 0 Å². The molecule has 0 spiro atoms. The van der Waals surface area contributed by atoms with Crippen LogP contribution in [0.25, 0.3) is 0 Å². The highest BCUT2D eigenvalue weighted by atomic mass is 16.5. The lowest BCUT2D eigenvalue weighted by Gasteiger charge is -2.42. The van der Waals surface area contributed by atoms with E-state index in [1.165, 1.54) is 26.4 Å². The van der Waals surface area contributed by atoms with Crippen LogP contribution in [0, 0.1) is 0 Å². The molecule has 2 atom stereocenters. The van der Waals surface area contributed by atoms with Gasteiger partial charge in [-0.05, 0) is 54.0 Å². The van der Waals surface area contributed by atoms with Crippen molar-refractivity contribution >= 4 is 5.97 Å². The minimum atomic E-state index is -0.611. The van der Waals surface area contributed by atoms with E-state index in [1.807, 2.05) is 6.92 Å². The lowest BCUT2D eigenvalue weighted by atomic mass is 9.87. The van der Waals surface area contributed by atoms with Gasteiger partial charge in [0.05, 0.1) is 7.11 Å². The van der Waals surface area contributed by atoms with E-state index in [2.05, 4.69) is 38.0 Å². The molecule has 0 aliphatic heterocycles. The predicted molar refractivity (Wildman–Crippen MR) is 78.2 cm³/mol. The highest BCUT2D eigenvalue weighted by Crippen LogP contribution is 2.28. The van der Waals surface area contributed by atoms with E-state index < -0.39 is 5.54 Å². The number of rotatable bonds is 7. The molecule has 1 aliphatic carbocycles. The lowest BCUT2D eigenvalue weighted by molar-refractivity contribution is -0.149. The summed E-state index contributed by atoms with van der Waals surface area (Å²) in [5.74, 6) is -0.171. The van der Waals surface area contributed by atoms with Crippen LogP contribution in [0.1, 0.15) is 53.4 Å². The maximum atomic E-state index is 12.1. The Balaban J connectivity index is 2.67. The van der Waals surface area contributed by atoms with Gasteiger partial charge in [-0.25, -0.2) is 0 Å². The van der Waals surface area contributed by atoms with Crippen LogP contribution in [0.2, 0.25) is 0 Å². The van der Waals surface area contributed by atoms with Crippen LogP contribution in [0.5, 0.6) is 0 Å². The largest absolute Gasteiger partial charge is 0.468 e. The zero-order valence-electron chi connectivity index (χ0n) is 13.3. The minimum Gasteiger partial charge on any atom is -0.468 e. The summed E-state index contributed by atoms with van der Waals surface area (Å²) in [7, 11) is 3.63. The van der Waals surface area contributed by atoms with Gasteiger partial charge in [-0.15, -0.1) is 0 Å². The fourth-order valence-corrected chi connectivity index (χ4v) is 2.95. The molecule has 0 bridgehead atoms. The first-order valence-corrected chi connectivity index (χ1v) is 7.38. The van der Waals surface area contributed by atoms with Crippen molar-refractivity contribution in [2.24, 2.45) is 0 Å². The Morgan fingerprint density at radius 3 is 2.37 bits per heavy atom. The number of methoxy groups -OCH3 is 1. The van der Waals surface area contributed by atoms with Gasteiger partial charge in [-0.1, -0.05) is 6.42 Å². The molecule has 2 unspecified atom stereocenters. The first-order chi connectivity index (χ1) is 8.80. The summed E-state index contributed by atoms with van der Waals surface area (Å²) in [5, 5.41) is 3.37. The van der Waals surface area contributed by atoms with Crippen LogP contribution < -0.4 is 5.32 Å². The number of ether oxygens (including phenoxy) is 1. The van der Waals surface area contributed by atoms with E-state index in [1.54, 1.807) is 0 Å². The van der Waals surface area contributed by atoms with E-state index in [-0.39, 0.29) is 12.0 Å². The van der Waals surface area contributed by atoms with Crippen molar-refractivity contribution in [2.75, 3.05) is 14.2 Å². The smallest absolute Gasteiger partial charge is 0.325 e. The number of carbonyl (C=O) groups is 1. The van der Waals surface area contributed by atoms with Crippen LogP contribution in [0.4, 0.5) is 0 Å². The van der Waals surface area contributed by atoms with Crippen molar-refractivity contribution in [1.29, 1.82) is 0 Å². The van der Waals surface area contributed by atoms with Gasteiger partial charge in [-0.2, -0.15) is 0 Å². The van der Waals surface area contributed by atoms with E-state index in [4.69, 9.17) is 4.74 Å². The molecule has 0 aromatic heterocycles. The van der Waals surface area contributed by atoms with Crippen LogP contribution >= 0.6 is 0 Å². The molecule has 1 aliphatic rings.